The summed E-state index contributed by atoms with van der Waals surface area (Å²) in [5, 5.41) is 0. The Labute approximate surface area is 124 Å². The predicted molar refractivity (Wildman–Crippen MR) is 80.6 cm³/mol. The molecule has 2 heterocycles. The molecule has 0 bridgehead atoms. The highest BCUT2D eigenvalue weighted by molar-refractivity contribution is 6.04. The molecule has 1 aromatic carbocycles. The van der Waals surface area contributed by atoms with Crippen LogP contribution in [0.5, 0.6) is 0 Å². The van der Waals surface area contributed by atoms with E-state index in [1.807, 2.05) is 48.6 Å². The van der Waals surface area contributed by atoms with E-state index < -0.39 is 5.79 Å². The largest absolute Gasteiger partial charge is 0.468 e. The lowest BCUT2D eigenvalue weighted by molar-refractivity contribution is -0.230. The molecule has 2 aliphatic heterocycles. The van der Waals surface area contributed by atoms with E-state index in [2.05, 4.69) is 4.99 Å². The van der Waals surface area contributed by atoms with E-state index in [9.17, 15) is 0 Å². The third-order valence-electron chi connectivity index (χ3n) is 3.61. The number of ether oxygens (including phenoxy) is 3. The first-order chi connectivity index (χ1) is 10.3. The van der Waals surface area contributed by atoms with Gasteiger partial charge in [-0.3, -0.25) is 4.99 Å². The Hall–Kier alpha value is -2.33. The highest BCUT2D eigenvalue weighted by Crippen LogP contribution is 2.40. The molecule has 0 fully saturated rings. The van der Waals surface area contributed by atoms with E-state index in [0.717, 1.165) is 16.8 Å². The van der Waals surface area contributed by atoms with Gasteiger partial charge >= 0.3 is 0 Å². The molecule has 4 heteroatoms. The van der Waals surface area contributed by atoms with Gasteiger partial charge in [0.05, 0.1) is 24.8 Å². The second kappa shape index (κ2) is 5.58. The Morgan fingerprint density at radius 3 is 2.67 bits per heavy atom. The number of methoxy groups -OCH3 is 2. The molecule has 0 N–H and O–H groups in total. The molecule has 4 nitrogen and oxygen atoms in total. The number of aliphatic imine (C=N–C) groups is 1. The van der Waals surface area contributed by atoms with E-state index in [4.69, 9.17) is 14.2 Å². The fraction of sp³-hybridized carbons (Fsp3) is 0.235. The van der Waals surface area contributed by atoms with Crippen molar-refractivity contribution in [2.75, 3.05) is 14.2 Å². The van der Waals surface area contributed by atoms with Crippen molar-refractivity contribution < 1.29 is 14.2 Å². The Balaban J connectivity index is 2.11. The van der Waals surface area contributed by atoms with E-state index in [0.29, 0.717) is 12.4 Å². The van der Waals surface area contributed by atoms with Crippen molar-refractivity contribution in [1.29, 1.82) is 0 Å². The van der Waals surface area contributed by atoms with Crippen LogP contribution in [0.2, 0.25) is 0 Å². The molecular formula is C17H17NO3. The van der Waals surface area contributed by atoms with Crippen molar-refractivity contribution in [3.63, 3.8) is 0 Å². The molecule has 0 radical (unpaired) electrons. The van der Waals surface area contributed by atoms with Gasteiger partial charge in [0, 0.05) is 18.9 Å². The van der Waals surface area contributed by atoms with E-state index in [1.54, 1.807) is 20.4 Å². The van der Waals surface area contributed by atoms with E-state index in [-0.39, 0.29) is 0 Å². The first kappa shape index (κ1) is 13.6. The first-order valence-electron chi connectivity index (χ1n) is 6.77. The number of hydrogen-bond donors (Lipinski definition) is 0. The smallest absolute Gasteiger partial charge is 0.291 e. The zero-order valence-corrected chi connectivity index (χ0v) is 12.1. The van der Waals surface area contributed by atoms with Crippen LogP contribution in [-0.4, -0.2) is 19.9 Å². The van der Waals surface area contributed by atoms with Crippen LogP contribution < -0.4 is 0 Å². The van der Waals surface area contributed by atoms with Crippen molar-refractivity contribution in [2.24, 2.45) is 4.99 Å². The lowest BCUT2D eigenvalue weighted by Gasteiger charge is -2.37. The minimum atomic E-state index is -0.916. The lowest BCUT2D eigenvalue weighted by Crippen LogP contribution is -2.39. The standard InChI is InChI=1S/C17H17NO3/c1-19-16-14-10-6-7-11-18-15(14)12-17(20-2,21-16)13-8-4-3-5-9-13/h3-11H,12H2,1-2H3. The quantitative estimate of drug-likeness (QED) is 0.854. The lowest BCUT2D eigenvalue weighted by atomic mass is 9.93. The van der Waals surface area contributed by atoms with Crippen LogP contribution in [-0.2, 0) is 20.0 Å². The van der Waals surface area contributed by atoms with Gasteiger partial charge in [0.2, 0.25) is 5.79 Å². The predicted octanol–water partition coefficient (Wildman–Crippen LogP) is 3.29. The van der Waals surface area contributed by atoms with Crippen LogP contribution in [0.1, 0.15) is 12.0 Å². The van der Waals surface area contributed by atoms with E-state index in [1.165, 1.54) is 0 Å². The van der Waals surface area contributed by atoms with Gasteiger partial charge in [-0.1, -0.05) is 36.4 Å². The van der Waals surface area contributed by atoms with Crippen molar-refractivity contribution in [3.8, 4) is 0 Å². The maximum absolute atomic E-state index is 6.06. The van der Waals surface area contributed by atoms with Gasteiger partial charge in [-0.2, -0.15) is 0 Å². The summed E-state index contributed by atoms with van der Waals surface area (Å²) in [6.45, 7) is 0. The molecule has 1 unspecified atom stereocenters. The molecule has 0 amide bonds. The van der Waals surface area contributed by atoms with Gasteiger partial charge in [0.15, 0.2) is 0 Å². The fourth-order valence-electron chi connectivity index (χ4n) is 2.52. The first-order valence-corrected chi connectivity index (χ1v) is 6.77. The summed E-state index contributed by atoms with van der Waals surface area (Å²) in [6, 6.07) is 9.83. The third kappa shape index (κ3) is 2.38. The minimum Gasteiger partial charge on any atom is -0.468 e. The number of nitrogens with zero attached hydrogens (tertiary/aromatic N) is 1. The maximum Gasteiger partial charge on any atom is 0.291 e. The van der Waals surface area contributed by atoms with Gasteiger partial charge < -0.3 is 14.2 Å². The average molecular weight is 283 g/mol. The van der Waals surface area contributed by atoms with Crippen LogP contribution in [0.3, 0.4) is 0 Å². The van der Waals surface area contributed by atoms with Crippen LogP contribution >= 0.6 is 0 Å². The molecular weight excluding hydrogens is 266 g/mol. The Kier molecular flexibility index (Phi) is 3.62. The fourth-order valence-corrected chi connectivity index (χ4v) is 2.52. The number of allylic oxidation sites excluding steroid dienone is 4. The molecule has 0 saturated heterocycles. The summed E-state index contributed by atoms with van der Waals surface area (Å²) in [5.41, 5.74) is 2.67. The van der Waals surface area contributed by atoms with Crippen LogP contribution in [0, 0.1) is 0 Å². The van der Waals surface area contributed by atoms with Gasteiger partial charge in [-0.05, 0) is 12.2 Å². The molecule has 3 rings (SSSR count). The SMILES string of the molecule is COC1=C2C=CC=CN=C2CC(OC)(c2ccccc2)O1. The molecule has 0 aliphatic carbocycles. The van der Waals surface area contributed by atoms with Crippen molar-refractivity contribution in [2.45, 2.75) is 12.2 Å². The van der Waals surface area contributed by atoms with Crippen molar-refractivity contribution >= 4 is 5.71 Å². The Bertz CT molecular complexity index is 643. The molecule has 0 spiro atoms. The highest BCUT2D eigenvalue weighted by Gasteiger charge is 2.43. The molecule has 108 valence electrons. The second-order valence-electron chi connectivity index (χ2n) is 4.78. The highest BCUT2D eigenvalue weighted by atomic mass is 16.8. The van der Waals surface area contributed by atoms with Gasteiger partial charge in [-0.15, -0.1) is 0 Å². The summed E-state index contributed by atoms with van der Waals surface area (Å²) < 4.78 is 17.2. The maximum atomic E-state index is 6.06. The van der Waals surface area contributed by atoms with Crippen LogP contribution in [0.15, 0.2) is 71.3 Å². The third-order valence-corrected chi connectivity index (χ3v) is 3.61. The Morgan fingerprint density at radius 1 is 1.14 bits per heavy atom. The second-order valence-corrected chi connectivity index (χ2v) is 4.78. The summed E-state index contributed by atoms with van der Waals surface area (Å²) in [7, 11) is 3.22. The molecule has 0 saturated carbocycles. The Morgan fingerprint density at radius 2 is 1.95 bits per heavy atom. The number of hydrogen-bond acceptors (Lipinski definition) is 4. The zero-order chi connectivity index (χ0) is 14.7. The normalized spacial score (nSPS) is 24.0. The molecule has 21 heavy (non-hydrogen) atoms. The molecule has 1 atom stereocenters. The zero-order valence-electron chi connectivity index (χ0n) is 12.1. The molecule has 2 aliphatic rings. The summed E-state index contributed by atoms with van der Waals surface area (Å²) in [4.78, 5) is 4.49. The van der Waals surface area contributed by atoms with Crippen molar-refractivity contribution in [1.82, 2.24) is 0 Å². The van der Waals surface area contributed by atoms with Gasteiger partial charge in [0.25, 0.3) is 5.95 Å². The summed E-state index contributed by atoms with van der Waals surface area (Å²) in [5.74, 6) is -0.494. The monoisotopic (exact) mass is 283 g/mol. The van der Waals surface area contributed by atoms with Crippen LogP contribution in [0.25, 0.3) is 0 Å². The topological polar surface area (TPSA) is 40.0 Å². The molecule has 1 aromatic rings. The minimum absolute atomic E-state index is 0.422. The number of benzene rings is 1. The van der Waals surface area contributed by atoms with Crippen LogP contribution in [0.4, 0.5) is 0 Å². The van der Waals surface area contributed by atoms with E-state index >= 15 is 0 Å². The summed E-state index contributed by atoms with van der Waals surface area (Å²) in [6.07, 6.45) is 8.01. The average Bonchev–Trinajstić information content (AvgIpc) is 2.79. The van der Waals surface area contributed by atoms with Gasteiger partial charge in [-0.25, -0.2) is 0 Å². The number of rotatable bonds is 3. The number of fused-ring (bicyclic) bond motifs is 1. The molecule has 0 aromatic heterocycles. The van der Waals surface area contributed by atoms with Crippen molar-refractivity contribution in [3.05, 3.63) is 71.8 Å². The summed E-state index contributed by atoms with van der Waals surface area (Å²) >= 11 is 0. The van der Waals surface area contributed by atoms with Gasteiger partial charge in [0.1, 0.15) is 0 Å².